The summed E-state index contributed by atoms with van der Waals surface area (Å²) in [5.41, 5.74) is 11.8. The van der Waals surface area contributed by atoms with Gasteiger partial charge in [0, 0.05) is 6.54 Å². The van der Waals surface area contributed by atoms with Gasteiger partial charge in [-0.1, -0.05) is 12.1 Å². The number of nitrogen functional groups attached to an aromatic ring is 2. The van der Waals surface area contributed by atoms with Gasteiger partial charge in [-0.2, -0.15) is 15.0 Å². The molecule has 1 aromatic heterocycles. The lowest BCUT2D eigenvalue weighted by molar-refractivity contribution is -0.120. The Bertz CT molecular complexity index is 661. The Kier molecular flexibility index (Phi) is 5.69. The number of anilines is 2. The van der Waals surface area contributed by atoms with Crippen molar-refractivity contribution >= 4 is 29.6 Å². The fourth-order valence-corrected chi connectivity index (χ4v) is 2.49. The van der Waals surface area contributed by atoms with Crippen LogP contribution in [-0.2, 0) is 17.1 Å². The van der Waals surface area contributed by atoms with Crippen LogP contribution in [0.2, 0.25) is 0 Å². The van der Waals surface area contributed by atoms with Crippen molar-refractivity contribution in [2.24, 2.45) is 0 Å². The number of nitrogens with zero attached hydrogens (tertiary/aromatic N) is 3. The molecule has 2 aromatic rings. The van der Waals surface area contributed by atoms with Crippen molar-refractivity contribution in [1.82, 2.24) is 20.3 Å². The fraction of sp³-hybridized carbons (Fsp3) is 0.286. The van der Waals surface area contributed by atoms with Crippen LogP contribution in [0.15, 0.2) is 24.3 Å². The molecule has 23 heavy (non-hydrogen) atoms. The summed E-state index contributed by atoms with van der Waals surface area (Å²) < 4.78 is 12.8. The Morgan fingerprint density at radius 1 is 1.22 bits per heavy atom. The van der Waals surface area contributed by atoms with Gasteiger partial charge >= 0.3 is 0 Å². The normalized spacial score (nSPS) is 11.9. The highest BCUT2D eigenvalue weighted by atomic mass is 32.2. The maximum absolute atomic E-state index is 12.8. The standard InChI is InChI=1S/C14H17FN6OS/c1-8(23-7-11-19-13(16)21-14(17)20-11)12(22)18-6-9-2-4-10(15)5-3-9/h2-5,8H,6-7H2,1H3,(H,18,22)(H4,16,17,19,20,21)/t8-/m1/s1. The van der Waals surface area contributed by atoms with E-state index < -0.39 is 0 Å². The molecule has 0 aliphatic carbocycles. The second-order valence-corrected chi connectivity index (χ2v) is 6.09. The first-order valence-electron chi connectivity index (χ1n) is 6.83. The molecule has 9 heteroatoms. The van der Waals surface area contributed by atoms with E-state index in [0.29, 0.717) is 18.1 Å². The van der Waals surface area contributed by atoms with E-state index in [1.54, 1.807) is 19.1 Å². The average Bonchev–Trinajstić information content (AvgIpc) is 2.51. The monoisotopic (exact) mass is 336 g/mol. The van der Waals surface area contributed by atoms with Crippen molar-refractivity contribution in [3.05, 3.63) is 41.5 Å². The first-order valence-corrected chi connectivity index (χ1v) is 7.88. The molecule has 122 valence electrons. The summed E-state index contributed by atoms with van der Waals surface area (Å²) in [4.78, 5) is 23.6. The fourth-order valence-electron chi connectivity index (χ4n) is 1.73. The first kappa shape index (κ1) is 16.9. The van der Waals surface area contributed by atoms with Crippen LogP contribution in [0.4, 0.5) is 16.3 Å². The van der Waals surface area contributed by atoms with Crippen LogP contribution in [-0.4, -0.2) is 26.1 Å². The van der Waals surface area contributed by atoms with Gasteiger partial charge in [0.25, 0.3) is 0 Å². The molecular formula is C14H17FN6OS. The largest absolute Gasteiger partial charge is 0.368 e. The Morgan fingerprint density at radius 3 is 2.43 bits per heavy atom. The zero-order chi connectivity index (χ0) is 16.8. The lowest BCUT2D eigenvalue weighted by atomic mass is 10.2. The third-order valence-electron chi connectivity index (χ3n) is 2.93. The van der Waals surface area contributed by atoms with E-state index in [2.05, 4.69) is 20.3 Å². The van der Waals surface area contributed by atoms with E-state index in [1.807, 2.05) is 0 Å². The zero-order valence-corrected chi connectivity index (χ0v) is 13.3. The summed E-state index contributed by atoms with van der Waals surface area (Å²) in [5, 5.41) is 2.48. The first-order chi connectivity index (χ1) is 10.9. The second kappa shape index (κ2) is 7.73. The number of hydrogen-bond acceptors (Lipinski definition) is 7. The predicted molar refractivity (Wildman–Crippen MR) is 87.7 cm³/mol. The lowest BCUT2D eigenvalue weighted by Crippen LogP contribution is -2.30. The number of amides is 1. The van der Waals surface area contributed by atoms with Crippen molar-refractivity contribution < 1.29 is 9.18 Å². The molecule has 0 aliphatic heterocycles. The molecule has 2 rings (SSSR count). The van der Waals surface area contributed by atoms with Crippen LogP contribution in [0.1, 0.15) is 18.3 Å². The highest BCUT2D eigenvalue weighted by Crippen LogP contribution is 2.16. The van der Waals surface area contributed by atoms with Crippen LogP contribution in [0.3, 0.4) is 0 Å². The van der Waals surface area contributed by atoms with E-state index in [4.69, 9.17) is 11.5 Å². The third-order valence-corrected chi connectivity index (χ3v) is 4.07. The van der Waals surface area contributed by atoms with Crippen LogP contribution >= 0.6 is 11.8 Å². The number of hydrogen-bond donors (Lipinski definition) is 3. The summed E-state index contributed by atoms with van der Waals surface area (Å²) in [6, 6.07) is 5.97. The van der Waals surface area contributed by atoms with Crippen molar-refractivity contribution in [2.45, 2.75) is 24.5 Å². The third kappa shape index (κ3) is 5.37. The topological polar surface area (TPSA) is 120 Å². The molecule has 0 radical (unpaired) electrons. The number of halogens is 1. The predicted octanol–water partition coefficient (Wildman–Crippen LogP) is 1.11. The molecule has 0 unspecified atom stereocenters. The van der Waals surface area contributed by atoms with Crippen molar-refractivity contribution in [1.29, 1.82) is 0 Å². The number of carbonyl (C=O) groups excluding carboxylic acids is 1. The Labute approximate surface area is 137 Å². The molecule has 7 nitrogen and oxygen atoms in total. The van der Waals surface area contributed by atoms with Crippen molar-refractivity contribution in [3.63, 3.8) is 0 Å². The van der Waals surface area contributed by atoms with Crippen molar-refractivity contribution in [3.8, 4) is 0 Å². The highest BCUT2D eigenvalue weighted by molar-refractivity contribution is 7.99. The van der Waals surface area contributed by atoms with Gasteiger partial charge in [0.05, 0.1) is 11.0 Å². The minimum Gasteiger partial charge on any atom is -0.368 e. The number of nitrogens with two attached hydrogens (primary N) is 2. The second-order valence-electron chi connectivity index (χ2n) is 4.77. The molecule has 1 amide bonds. The van der Waals surface area contributed by atoms with Gasteiger partial charge in [-0.05, 0) is 24.6 Å². The Balaban J connectivity index is 1.81. The van der Waals surface area contributed by atoms with E-state index >= 15 is 0 Å². The number of rotatable bonds is 6. The summed E-state index contributed by atoms with van der Waals surface area (Å²) in [6.07, 6.45) is 0. The SMILES string of the molecule is C[C@@H](SCc1nc(N)nc(N)n1)C(=O)NCc1ccc(F)cc1. The van der Waals surface area contributed by atoms with Gasteiger partial charge in [-0.3, -0.25) is 4.79 Å². The quantitative estimate of drug-likeness (QED) is 0.723. The van der Waals surface area contributed by atoms with Gasteiger partial charge in [-0.25, -0.2) is 4.39 Å². The van der Waals surface area contributed by atoms with Gasteiger partial charge in [0.2, 0.25) is 17.8 Å². The summed E-state index contributed by atoms with van der Waals surface area (Å²) in [6.45, 7) is 2.12. The van der Waals surface area contributed by atoms with Gasteiger partial charge in [0.1, 0.15) is 11.6 Å². The van der Waals surface area contributed by atoms with Crippen molar-refractivity contribution in [2.75, 3.05) is 11.5 Å². The molecule has 0 fully saturated rings. The van der Waals surface area contributed by atoms with Crippen LogP contribution in [0.25, 0.3) is 0 Å². The van der Waals surface area contributed by atoms with E-state index in [1.165, 1.54) is 23.9 Å². The number of carbonyl (C=O) groups is 1. The maximum atomic E-state index is 12.8. The maximum Gasteiger partial charge on any atom is 0.233 e. The van der Waals surface area contributed by atoms with Crippen LogP contribution in [0, 0.1) is 5.82 Å². The zero-order valence-electron chi connectivity index (χ0n) is 12.5. The average molecular weight is 336 g/mol. The summed E-state index contributed by atoms with van der Waals surface area (Å²) in [7, 11) is 0. The minimum absolute atomic E-state index is 0.0570. The molecule has 0 bridgehead atoms. The molecule has 5 N–H and O–H groups in total. The van der Waals surface area contributed by atoms with E-state index in [-0.39, 0.29) is 28.9 Å². The summed E-state index contributed by atoms with van der Waals surface area (Å²) >= 11 is 1.36. The number of aromatic nitrogens is 3. The number of nitrogens with one attached hydrogen (secondary N) is 1. The summed E-state index contributed by atoms with van der Waals surface area (Å²) in [5.74, 6) is 0.498. The molecular weight excluding hydrogens is 319 g/mol. The molecule has 0 spiro atoms. The molecule has 1 aromatic carbocycles. The number of thioether (sulfide) groups is 1. The smallest absolute Gasteiger partial charge is 0.233 e. The Hall–Kier alpha value is -2.42. The molecule has 0 saturated carbocycles. The van der Waals surface area contributed by atoms with Gasteiger partial charge in [0.15, 0.2) is 0 Å². The van der Waals surface area contributed by atoms with E-state index in [0.717, 1.165) is 5.56 Å². The minimum atomic E-state index is -0.310. The molecule has 1 heterocycles. The Morgan fingerprint density at radius 2 is 1.83 bits per heavy atom. The van der Waals surface area contributed by atoms with Crippen LogP contribution < -0.4 is 16.8 Å². The molecule has 0 aliphatic rings. The van der Waals surface area contributed by atoms with Crippen LogP contribution in [0.5, 0.6) is 0 Å². The highest BCUT2D eigenvalue weighted by Gasteiger charge is 2.14. The number of benzene rings is 1. The van der Waals surface area contributed by atoms with Gasteiger partial charge in [-0.15, -0.1) is 11.8 Å². The molecule has 1 atom stereocenters. The molecule has 0 saturated heterocycles. The lowest BCUT2D eigenvalue weighted by Gasteiger charge is -2.12. The van der Waals surface area contributed by atoms with E-state index in [9.17, 15) is 9.18 Å². The van der Waals surface area contributed by atoms with Gasteiger partial charge < -0.3 is 16.8 Å².